The van der Waals surface area contributed by atoms with Crippen molar-refractivity contribution in [2.24, 2.45) is 5.92 Å². The Morgan fingerprint density at radius 3 is 2.79 bits per heavy atom. The van der Waals surface area contributed by atoms with Gasteiger partial charge in [0.25, 0.3) is 0 Å². The first-order chi connectivity index (χ1) is 9.20. The highest BCUT2D eigenvalue weighted by atomic mass is 79.9. The van der Waals surface area contributed by atoms with Crippen LogP contribution in [0.4, 0.5) is 4.39 Å². The number of nitrogens with one attached hydrogen (secondary N) is 1. The zero-order valence-corrected chi connectivity index (χ0v) is 13.2. The Morgan fingerprint density at radius 2 is 2.11 bits per heavy atom. The molecular formula is C16H23BrFN. The van der Waals surface area contributed by atoms with E-state index in [0.717, 1.165) is 35.3 Å². The van der Waals surface area contributed by atoms with Crippen molar-refractivity contribution in [1.29, 1.82) is 0 Å². The monoisotopic (exact) mass is 327 g/mol. The van der Waals surface area contributed by atoms with Crippen molar-refractivity contribution in [2.75, 3.05) is 6.54 Å². The Kier molecular flexibility index (Phi) is 5.83. The molecule has 1 aliphatic carbocycles. The van der Waals surface area contributed by atoms with Crippen LogP contribution in [-0.2, 0) is 0 Å². The van der Waals surface area contributed by atoms with Gasteiger partial charge in [-0.25, -0.2) is 4.39 Å². The first kappa shape index (κ1) is 15.0. The molecule has 1 saturated carbocycles. The molecule has 1 unspecified atom stereocenters. The zero-order valence-electron chi connectivity index (χ0n) is 11.6. The van der Waals surface area contributed by atoms with Gasteiger partial charge in [-0.05, 0) is 43.5 Å². The Labute approximate surface area is 124 Å². The molecule has 19 heavy (non-hydrogen) atoms. The Hall–Kier alpha value is -0.410. The summed E-state index contributed by atoms with van der Waals surface area (Å²) < 4.78 is 15.0. The fourth-order valence-corrected chi connectivity index (χ4v) is 3.38. The number of rotatable bonds is 6. The van der Waals surface area contributed by atoms with Gasteiger partial charge in [-0.1, -0.05) is 48.5 Å². The minimum atomic E-state index is -0.0881. The normalized spacial score (nSPS) is 17.8. The van der Waals surface area contributed by atoms with Gasteiger partial charge in [0, 0.05) is 16.1 Å². The summed E-state index contributed by atoms with van der Waals surface area (Å²) in [5, 5.41) is 3.52. The third kappa shape index (κ3) is 4.28. The third-order valence-electron chi connectivity index (χ3n) is 4.02. The highest BCUT2D eigenvalue weighted by Gasteiger charge is 2.23. The van der Waals surface area contributed by atoms with Crippen LogP contribution in [0.15, 0.2) is 22.7 Å². The van der Waals surface area contributed by atoms with Crippen LogP contribution in [0.2, 0.25) is 0 Å². The molecule has 0 radical (unpaired) electrons. The van der Waals surface area contributed by atoms with Gasteiger partial charge in [-0.15, -0.1) is 0 Å². The van der Waals surface area contributed by atoms with Crippen LogP contribution in [-0.4, -0.2) is 6.54 Å². The minimum absolute atomic E-state index is 0.0881. The summed E-state index contributed by atoms with van der Waals surface area (Å²) in [5.74, 6) is 0.669. The molecule has 0 amide bonds. The fourth-order valence-electron chi connectivity index (χ4n) is 3.00. The van der Waals surface area contributed by atoms with Crippen molar-refractivity contribution in [2.45, 2.75) is 51.5 Å². The molecule has 1 aromatic rings. The second-order valence-electron chi connectivity index (χ2n) is 5.56. The number of hydrogen-bond donors (Lipinski definition) is 1. The largest absolute Gasteiger partial charge is 0.310 e. The fraction of sp³-hybridized carbons (Fsp3) is 0.625. The lowest BCUT2D eigenvalue weighted by molar-refractivity contribution is 0.385. The van der Waals surface area contributed by atoms with Crippen LogP contribution in [0.1, 0.15) is 57.1 Å². The molecule has 1 N–H and O–H groups in total. The number of hydrogen-bond acceptors (Lipinski definition) is 1. The van der Waals surface area contributed by atoms with Gasteiger partial charge in [0.1, 0.15) is 5.82 Å². The van der Waals surface area contributed by atoms with Gasteiger partial charge in [0.05, 0.1) is 0 Å². The molecule has 3 heteroatoms. The molecule has 0 aliphatic heterocycles. The maximum absolute atomic E-state index is 14.1. The van der Waals surface area contributed by atoms with Crippen LogP contribution >= 0.6 is 15.9 Å². The molecule has 0 heterocycles. The van der Waals surface area contributed by atoms with Gasteiger partial charge in [0.15, 0.2) is 0 Å². The van der Waals surface area contributed by atoms with E-state index in [-0.39, 0.29) is 11.9 Å². The molecule has 2 rings (SSSR count). The van der Waals surface area contributed by atoms with E-state index in [0.29, 0.717) is 0 Å². The van der Waals surface area contributed by atoms with Crippen molar-refractivity contribution >= 4 is 15.9 Å². The average molecular weight is 328 g/mol. The van der Waals surface area contributed by atoms with Crippen LogP contribution < -0.4 is 5.32 Å². The van der Waals surface area contributed by atoms with Crippen molar-refractivity contribution in [3.05, 3.63) is 34.1 Å². The van der Waals surface area contributed by atoms with Crippen molar-refractivity contribution in [1.82, 2.24) is 5.32 Å². The Bertz CT molecular complexity index is 402. The van der Waals surface area contributed by atoms with E-state index in [4.69, 9.17) is 0 Å². The smallest absolute Gasteiger partial charge is 0.128 e. The molecule has 1 nitrogen and oxygen atoms in total. The van der Waals surface area contributed by atoms with Gasteiger partial charge >= 0.3 is 0 Å². The molecule has 0 saturated heterocycles. The molecule has 1 aliphatic rings. The first-order valence-electron chi connectivity index (χ1n) is 7.39. The predicted molar refractivity (Wildman–Crippen MR) is 81.7 cm³/mol. The summed E-state index contributed by atoms with van der Waals surface area (Å²) in [6.07, 6.45) is 7.43. The van der Waals surface area contributed by atoms with E-state index in [9.17, 15) is 4.39 Å². The third-order valence-corrected chi connectivity index (χ3v) is 4.51. The zero-order chi connectivity index (χ0) is 13.7. The van der Waals surface area contributed by atoms with Crippen LogP contribution in [0.25, 0.3) is 0 Å². The highest BCUT2D eigenvalue weighted by molar-refractivity contribution is 9.10. The standard InChI is InChI=1S/C16H23BrFN/c1-2-9-19-16(10-12-5-3-4-6-12)14-11-13(17)7-8-15(14)18/h7-8,11-12,16,19H,2-6,9-10H2,1H3. The maximum Gasteiger partial charge on any atom is 0.128 e. The van der Waals surface area contributed by atoms with Gasteiger partial charge in [-0.3, -0.25) is 0 Å². The second-order valence-corrected chi connectivity index (χ2v) is 6.47. The molecule has 0 aromatic heterocycles. The topological polar surface area (TPSA) is 12.0 Å². The summed E-state index contributed by atoms with van der Waals surface area (Å²) in [7, 11) is 0. The van der Waals surface area contributed by atoms with Crippen molar-refractivity contribution in [3.8, 4) is 0 Å². The van der Waals surface area contributed by atoms with Crippen molar-refractivity contribution < 1.29 is 4.39 Å². The molecule has 1 atom stereocenters. The number of benzene rings is 1. The van der Waals surface area contributed by atoms with E-state index < -0.39 is 0 Å². The number of halogens is 2. The van der Waals surface area contributed by atoms with E-state index in [1.165, 1.54) is 25.7 Å². The molecule has 0 spiro atoms. The second kappa shape index (κ2) is 7.39. The summed E-state index contributed by atoms with van der Waals surface area (Å²) >= 11 is 3.45. The summed E-state index contributed by atoms with van der Waals surface area (Å²) in [6, 6.07) is 5.41. The average Bonchev–Trinajstić information content (AvgIpc) is 2.90. The maximum atomic E-state index is 14.1. The van der Waals surface area contributed by atoms with Gasteiger partial charge in [0.2, 0.25) is 0 Å². The van der Waals surface area contributed by atoms with E-state index >= 15 is 0 Å². The highest BCUT2D eigenvalue weighted by Crippen LogP contribution is 2.34. The van der Waals surface area contributed by atoms with Crippen LogP contribution in [0.5, 0.6) is 0 Å². The lowest BCUT2D eigenvalue weighted by Crippen LogP contribution is -2.25. The lowest BCUT2D eigenvalue weighted by Gasteiger charge is -2.23. The quantitative estimate of drug-likeness (QED) is 0.756. The Balaban J connectivity index is 2.12. The van der Waals surface area contributed by atoms with E-state index in [1.54, 1.807) is 12.1 Å². The van der Waals surface area contributed by atoms with Crippen LogP contribution in [0, 0.1) is 11.7 Å². The Morgan fingerprint density at radius 1 is 1.37 bits per heavy atom. The van der Waals surface area contributed by atoms with Crippen LogP contribution in [0.3, 0.4) is 0 Å². The molecule has 1 fully saturated rings. The first-order valence-corrected chi connectivity index (χ1v) is 8.18. The summed E-state index contributed by atoms with van der Waals surface area (Å²) in [6.45, 7) is 3.10. The molecule has 0 bridgehead atoms. The molecule has 1 aromatic carbocycles. The lowest BCUT2D eigenvalue weighted by atomic mass is 9.93. The minimum Gasteiger partial charge on any atom is -0.310 e. The molecular weight excluding hydrogens is 305 g/mol. The van der Waals surface area contributed by atoms with Gasteiger partial charge in [-0.2, -0.15) is 0 Å². The van der Waals surface area contributed by atoms with Crippen molar-refractivity contribution in [3.63, 3.8) is 0 Å². The van der Waals surface area contributed by atoms with Gasteiger partial charge < -0.3 is 5.32 Å². The summed E-state index contributed by atoms with van der Waals surface area (Å²) in [5.41, 5.74) is 0.815. The summed E-state index contributed by atoms with van der Waals surface area (Å²) in [4.78, 5) is 0. The molecule has 106 valence electrons. The predicted octanol–water partition coefficient (Wildman–Crippen LogP) is 5.21. The van der Waals surface area contributed by atoms with E-state index in [2.05, 4.69) is 28.2 Å². The van der Waals surface area contributed by atoms with E-state index in [1.807, 2.05) is 6.07 Å². The SMILES string of the molecule is CCCNC(CC1CCCC1)c1cc(Br)ccc1F.